The molecule has 0 atom stereocenters. The molecule has 0 spiro atoms. The lowest BCUT2D eigenvalue weighted by molar-refractivity contribution is -0.385. The zero-order valence-corrected chi connectivity index (χ0v) is 7.72. The number of carbonyl (C=O) groups is 1. The number of hydrogen-bond donors (Lipinski definition) is 1. The topological polar surface area (TPSA) is 104 Å². The zero-order valence-electron chi connectivity index (χ0n) is 7.72. The Balaban J connectivity index is 3.66. The van der Waals surface area contributed by atoms with Gasteiger partial charge in [-0.2, -0.15) is 5.26 Å². The molecule has 76 valence electrons. The number of nitriles is 1. The van der Waals surface area contributed by atoms with Gasteiger partial charge >= 0.3 is 11.7 Å². The molecule has 15 heavy (non-hydrogen) atoms. The predicted molar refractivity (Wildman–Crippen MR) is 49.5 cm³/mol. The molecule has 1 N–H and O–H groups in total. The second-order valence-electron chi connectivity index (χ2n) is 2.83. The minimum atomic E-state index is -1.42. The number of nitro benzene ring substituents is 1. The van der Waals surface area contributed by atoms with Gasteiger partial charge in [0.1, 0.15) is 17.2 Å². The van der Waals surface area contributed by atoms with Crippen molar-refractivity contribution in [1.29, 1.82) is 5.26 Å². The number of nitrogens with zero attached hydrogens (tertiary/aromatic N) is 2. The van der Waals surface area contributed by atoms with Gasteiger partial charge in [0.05, 0.1) is 4.92 Å². The van der Waals surface area contributed by atoms with Crippen LogP contribution in [0.3, 0.4) is 0 Å². The summed E-state index contributed by atoms with van der Waals surface area (Å²) in [7, 11) is 0. The van der Waals surface area contributed by atoms with Crippen molar-refractivity contribution >= 4 is 11.7 Å². The molecule has 1 rings (SSSR count). The van der Waals surface area contributed by atoms with Crippen molar-refractivity contribution in [3.05, 3.63) is 38.9 Å². The van der Waals surface area contributed by atoms with Gasteiger partial charge in [-0.15, -0.1) is 0 Å². The molecule has 1 aromatic rings. The molecule has 0 radical (unpaired) electrons. The first-order valence-corrected chi connectivity index (χ1v) is 3.90. The number of carboxylic acids is 1. The van der Waals surface area contributed by atoms with Crippen molar-refractivity contribution in [2.24, 2.45) is 0 Å². The maximum Gasteiger partial charge on any atom is 0.342 e. The van der Waals surface area contributed by atoms with Crippen LogP contribution in [0.2, 0.25) is 0 Å². The maximum absolute atomic E-state index is 10.7. The Morgan fingerprint density at radius 3 is 2.60 bits per heavy atom. The number of aryl methyl sites for hydroxylation is 1. The number of nitro groups is 1. The highest BCUT2D eigenvalue weighted by Gasteiger charge is 2.25. The molecule has 6 heteroatoms. The molecule has 0 aromatic heterocycles. The molecule has 0 saturated carbocycles. The van der Waals surface area contributed by atoms with E-state index in [1.54, 1.807) is 6.07 Å². The number of carboxylic acid groups (broad SMARTS) is 1. The van der Waals surface area contributed by atoms with Crippen LogP contribution >= 0.6 is 0 Å². The summed E-state index contributed by atoms with van der Waals surface area (Å²) < 4.78 is 0. The first kappa shape index (κ1) is 10.7. The van der Waals surface area contributed by atoms with Gasteiger partial charge in [0.25, 0.3) is 0 Å². The Morgan fingerprint density at radius 1 is 1.60 bits per heavy atom. The molecule has 6 nitrogen and oxygen atoms in total. The van der Waals surface area contributed by atoms with E-state index in [4.69, 9.17) is 10.4 Å². The highest BCUT2D eigenvalue weighted by atomic mass is 16.6. The molecular weight excluding hydrogens is 200 g/mol. The van der Waals surface area contributed by atoms with Gasteiger partial charge in [0.2, 0.25) is 0 Å². The minimum absolute atomic E-state index is 0.208. The largest absolute Gasteiger partial charge is 0.477 e. The van der Waals surface area contributed by atoms with Crippen LogP contribution in [0.15, 0.2) is 12.1 Å². The summed E-state index contributed by atoms with van der Waals surface area (Å²) in [6.45, 7) is 1.51. The van der Waals surface area contributed by atoms with Crippen LogP contribution in [-0.2, 0) is 0 Å². The molecule has 0 bridgehead atoms. The normalized spacial score (nSPS) is 9.33. The van der Waals surface area contributed by atoms with Gasteiger partial charge in [0.15, 0.2) is 0 Å². The SMILES string of the molecule is Cc1ccc(C(=O)O)c([N+](=O)[O-])c1C#N. The van der Waals surface area contributed by atoms with E-state index in [-0.39, 0.29) is 5.56 Å². The second kappa shape index (κ2) is 3.75. The lowest BCUT2D eigenvalue weighted by Crippen LogP contribution is -2.05. The van der Waals surface area contributed by atoms with Gasteiger partial charge in [-0.25, -0.2) is 4.79 Å². The third kappa shape index (κ3) is 1.76. The van der Waals surface area contributed by atoms with E-state index >= 15 is 0 Å². The molecule has 1 aromatic carbocycles. The van der Waals surface area contributed by atoms with Gasteiger partial charge in [-0.3, -0.25) is 10.1 Å². The molecule has 0 amide bonds. The first-order chi connectivity index (χ1) is 6.99. The van der Waals surface area contributed by atoms with Crippen LogP contribution in [0.5, 0.6) is 0 Å². The fraction of sp³-hybridized carbons (Fsp3) is 0.111. The van der Waals surface area contributed by atoms with Crippen LogP contribution < -0.4 is 0 Å². The van der Waals surface area contributed by atoms with E-state index in [2.05, 4.69) is 0 Å². The molecule has 0 aliphatic rings. The highest BCUT2D eigenvalue weighted by Crippen LogP contribution is 2.26. The van der Waals surface area contributed by atoms with E-state index in [1.807, 2.05) is 0 Å². The standard InChI is InChI=1S/C9H6N2O4/c1-5-2-3-6(9(12)13)8(11(14)15)7(5)4-10/h2-3H,1H3,(H,12,13). The first-order valence-electron chi connectivity index (χ1n) is 3.90. The Kier molecular flexibility index (Phi) is 2.67. The third-order valence-electron chi connectivity index (χ3n) is 1.91. The summed E-state index contributed by atoms with van der Waals surface area (Å²) in [5.74, 6) is -1.42. The lowest BCUT2D eigenvalue weighted by atomic mass is 10.0. The van der Waals surface area contributed by atoms with Gasteiger partial charge < -0.3 is 5.11 Å². The van der Waals surface area contributed by atoms with Crippen LogP contribution in [0.25, 0.3) is 0 Å². The van der Waals surface area contributed by atoms with E-state index in [0.717, 1.165) is 6.07 Å². The zero-order chi connectivity index (χ0) is 11.6. The van der Waals surface area contributed by atoms with E-state index in [1.165, 1.54) is 13.0 Å². The molecule has 0 heterocycles. The van der Waals surface area contributed by atoms with Crippen LogP contribution in [0.4, 0.5) is 5.69 Å². The van der Waals surface area contributed by atoms with Crippen LogP contribution in [-0.4, -0.2) is 16.0 Å². The summed E-state index contributed by atoms with van der Waals surface area (Å²) in [5.41, 5.74) is -0.943. The summed E-state index contributed by atoms with van der Waals surface area (Å²) in [6.07, 6.45) is 0. The number of aromatic carboxylic acids is 1. The van der Waals surface area contributed by atoms with E-state index in [0.29, 0.717) is 5.56 Å². The van der Waals surface area contributed by atoms with E-state index in [9.17, 15) is 14.9 Å². The monoisotopic (exact) mass is 206 g/mol. The van der Waals surface area contributed by atoms with Gasteiger partial charge in [0, 0.05) is 0 Å². The Morgan fingerprint density at radius 2 is 2.20 bits per heavy atom. The van der Waals surface area contributed by atoms with E-state index < -0.39 is 22.1 Å². The van der Waals surface area contributed by atoms with Gasteiger partial charge in [-0.05, 0) is 18.6 Å². The molecule has 0 aliphatic carbocycles. The lowest BCUT2D eigenvalue weighted by Gasteiger charge is -2.01. The fourth-order valence-corrected chi connectivity index (χ4v) is 1.20. The van der Waals surface area contributed by atoms with Crippen molar-refractivity contribution in [3.8, 4) is 6.07 Å². The predicted octanol–water partition coefficient (Wildman–Crippen LogP) is 1.47. The number of rotatable bonds is 2. The third-order valence-corrected chi connectivity index (χ3v) is 1.91. The van der Waals surface area contributed by atoms with Crippen molar-refractivity contribution in [2.75, 3.05) is 0 Å². The molecule has 0 fully saturated rings. The second-order valence-corrected chi connectivity index (χ2v) is 2.83. The highest BCUT2D eigenvalue weighted by molar-refractivity contribution is 5.93. The summed E-state index contributed by atoms with van der Waals surface area (Å²) in [4.78, 5) is 20.5. The Labute approximate surface area is 84.5 Å². The average Bonchev–Trinajstić information content (AvgIpc) is 2.16. The smallest absolute Gasteiger partial charge is 0.342 e. The molecule has 0 saturated heterocycles. The maximum atomic E-state index is 10.7. The van der Waals surface area contributed by atoms with Crippen molar-refractivity contribution in [1.82, 2.24) is 0 Å². The fourth-order valence-electron chi connectivity index (χ4n) is 1.20. The van der Waals surface area contributed by atoms with Crippen molar-refractivity contribution in [2.45, 2.75) is 6.92 Å². The Hall–Kier alpha value is -2.42. The average molecular weight is 206 g/mol. The number of hydrogen-bond acceptors (Lipinski definition) is 4. The summed E-state index contributed by atoms with van der Waals surface area (Å²) in [6, 6.07) is 4.13. The molecule has 0 unspecified atom stereocenters. The van der Waals surface area contributed by atoms with Crippen LogP contribution in [0.1, 0.15) is 21.5 Å². The van der Waals surface area contributed by atoms with Crippen LogP contribution in [0, 0.1) is 28.4 Å². The molecule has 0 aliphatic heterocycles. The summed E-state index contributed by atoms with van der Waals surface area (Å²) >= 11 is 0. The minimum Gasteiger partial charge on any atom is -0.477 e. The van der Waals surface area contributed by atoms with Gasteiger partial charge in [-0.1, -0.05) is 6.07 Å². The quantitative estimate of drug-likeness (QED) is 0.582. The number of benzene rings is 1. The van der Waals surface area contributed by atoms with Crippen molar-refractivity contribution < 1.29 is 14.8 Å². The molecular formula is C9H6N2O4. The Bertz CT molecular complexity index is 488. The summed E-state index contributed by atoms with van der Waals surface area (Å²) in [5, 5.41) is 28.1. The van der Waals surface area contributed by atoms with Crippen molar-refractivity contribution in [3.63, 3.8) is 0 Å².